The highest BCUT2D eigenvalue weighted by Crippen LogP contribution is 2.32. The third-order valence-electron chi connectivity index (χ3n) is 5.79. The molecule has 0 bridgehead atoms. The number of aliphatic hydroxyl groups excluding tert-OH is 8. The zero-order chi connectivity index (χ0) is 24.4. The first-order valence-electron chi connectivity index (χ1n) is 10.0. The Morgan fingerprint density at radius 1 is 0.625 bits per heavy atom. The van der Waals surface area contributed by atoms with E-state index in [1.54, 1.807) is 0 Å². The average Bonchev–Trinajstić information content (AvgIpc) is 2.78. The Balaban J connectivity index is 1.93. The number of aliphatic hydroxyl groups is 10. The number of rotatable bonds is 9. The van der Waals surface area contributed by atoms with E-state index in [4.69, 9.17) is 19.7 Å². The van der Waals surface area contributed by atoms with Gasteiger partial charge in [0, 0.05) is 12.8 Å². The topological polar surface area (TPSA) is 255 Å². The second-order valence-corrected chi connectivity index (χ2v) is 7.98. The Labute approximate surface area is 181 Å². The average molecular weight is 470 g/mol. The Kier molecular flexibility index (Phi) is 8.82. The van der Waals surface area contributed by atoms with Crippen LogP contribution in [0.25, 0.3) is 0 Å². The number of Topliss-reactive ketones (excluding diaryl/α,β-unsaturated/α-hetero) is 2. The quantitative estimate of drug-likeness (QED) is 0.141. The molecule has 0 aromatic carbocycles. The standard InChI is InChI=1S/C18H30O14/c19-5-7-11(23)13(25)15(27)17(29,31-7)9(21)3-1-2-4-10(22)18(30)16(28)14(26)12(24)8(6-20)32-18/h7-8,11-16,19-20,23-30H,1-6H2/t7-,8-,11-,12-,13+,14+,15-,16-,17-,18-/m1/s1. The van der Waals surface area contributed by atoms with Gasteiger partial charge in [-0.05, 0) is 12.8 Å². The van der Waals surface area contributed by atoms with Crippen LogP contribution < -0.4 is 0 Å². The summed E-state index contributed by atoms with van der Waals surface area (Å²) in [6.45, 7) is -1.71. The van der Waals surface area contributed by atoms with Gasteiger partial charge in [-0.25, -0.2) is 0 Å². The molecular weight excluding hydrogens is 440 g/mol. The molecule has 0 spiro atoms. The number of ether oxygens (including phenoxy) is 2. The summed E-state index contributed by atoms with van der Waals surface area (Å²) in [6, 6.07) is 0. The number of carbonyl (C=O) groups excluding carboxylic acids is 2. The molecule has 2 heterocycles. The molecule has 0 aliphatic carbocycles. The predicted octanol–water partition coefficient (Wildman–Crippen LogP) is -5.99. The van der Waals surface area contributed by atoms with Crippen molar-refractivity contribution in [1.29, 1.82) is 0 Å². The minimum absolute atomic E-state index is 0.105. The summed E-state index contributed by atoms with van der Waals surface area (Å²) in [6.07, 6.45) is -16.1. The van der Waals surface area contributed by atoms with Gasteiger partial charge in [0.2, 0.25) is 0 Å². The largest absolute Gasteiger partial charge is 0.394 e. The minimum atomic E-state index is -2.91. The summed E-state index contributed by atoms with van der Waals surface area (Å²) in [5.74, 6) is -8.03. The molecule has 2 rings (SSSR count). The van der Waals surface area contributed by atoms with E-state index in [0.29, 0.717) is 0 Å². The maximum atomic E-state index is 12.4. The van der Waals surface area contributed by atoms with Crippen LogP contribution in [0.2, 0.25) is 0 Å². The van der Waals surface area contributed by atoms with E-state index in [1.165, 1.54) is 0 Å². The van der Waals surface area contributed by atoms with Crippen LogP contribution in [-0.2, 0) is 19.1 Å². The molecule has 2 fully saturated rings. The van der Waals surface area contributed by atoms with Gasteiger partial charge in [-0.2, -0.15) is 0 Å². The van der Waals surface area contributed by atoms with Crippen molar-refractivity contribution in [3.05, 3.63) is 0 Å². The van der Waals surface area contributed by atoms with E-state index in [2.05, 4.69) is 0 Å². The van der Waals surface area contributed by atoms with Gasteiger partial charge >= 0.3 is 0 Å². The van der Waals surface area contributed by atoms with Crippen LogP contribution in [0, 0.1) is 0 Å². The lowest BCUT2D eigenvalue weighted by Gasteiger charge is -2.44. The Hall–Kier alpha value is -1.14. The molecule has 10 N–H and O–H groups in total. The summed E-state index contributed by atoms with van der Waals surface area (Å²) in [5, 5.41) is 97.8. The smallest absolute Gasteiger partial charge is 0.256 e. The Bertz CT molecular complexity index is 614. The van der Waals surface area contributed by atoms with Gasteiger partial charge in [0.05, 0.1) is 13.2 Å². The van der Waals surface area contributed by atoms with E-state index >= 15 is 0 Å². The SMILES string of the molecule is O=C(CCCCC(=O)[C@@]1(O)O[C@H](CO)[C@@H](O)[C@H](O)[C@H]1O)[C@@]1(O)O[C@H](CO)[C@@H](O)[C@H](O)[C@H]1O. The zero-order valence-corrected chi connectivity index (χ0v) is 17.0. The van der Waals surface area contributed by atoms with Gasteiger partial charge < -0.3 is 60.5 Å². The van der Waals surface area contributed by atoms with Gasteiger partial charge in [-0.3, -0.25) is 9.59 Å². The summed E-state index contributed by atoms with van der Waals surface area (Å²) in [4.78, 5) is 24.7. The van der Waals surface area contributed by atoms with Gasteiger partial charge in [-0.15, -0.1) is 0 Å². The molecule has 14 heteroatoms. The summed E-state index contributed by atoms with van der Waals surface area (Å²) in [5.41, 5.74) is 0. The van der Waals surface area contributed by atoms with Crippen molar-refractivity contribution in [3.63, 3.8) is 0 Å². The van der Waals surface area contributed by atoms with Crippen LogP contribution in [0.5, 0.6) is 0 Å². The molecule has 2 aliphatic heterocycles. The second kappa shape index (κ2) is 10.4. The molecule has 10 atom stereocenters. The Morgan fingerprint density at radius 2 is 0.938 bits per heavy atom. The van der Waals surface area contributed by atoms with Gasteiger partial charge in [-0.1, -0.05) is 0 Å². The third kappa shape index (κ3) is 4.86. The van der Waals surface area contributed by atoms with Gasteiger partial charge in [0.25, 0.3) is 11.6 Å². The first kappa shape index (κ1) is 27.1. The highest BCUT2D eigenvalue weighted by atomic mass is 16.7. The molecule has 2 saturated heterocycles. The lowest BCUT2D eigenvalue weighted by atomic mass is 9.87. The lowest BCUT2D eigenvalue weighted by Crippen LogP contribution is -2.68. The van der Waals surface area contributed by atoms with Crippen molar-refractivity contribution in [2.75, 3.05) is 13.2 Å². The molecule has 32 heavy (non-hydrogen) atoms. The van der Waals surface area contributed by atoms with Crippen LogP contribution >= 0.6 is 0 Å². The van der Waals surface area contributed by atoms with E-state index in [-0.39, 0.29) is 12.8 Å². The third-order valence-corrected chi connectivity index (χ3v) is 5.79. The maximum absolute atomic E-state index is 12.4. The molecule has 0 aromatic heterocycles. The summed E-state index contributed by atoms with van der Waals surface area (Å²) < 4.78 is 9.78. The molecule has 0 aromatic rings. The number of unbranched alkanes of at least 4 members (excludes halogenated alkanes) is 1. The van der Waals surface area contributed by atoms with E-state index in [9.17, 15) is 50.4 Å². The molecule has 2 aliphatic rings. The van der Waals surface area contributed by atoms with Crippen molar-refractivity contribution < 1.29 is 70.1 Å². The van der Waals surface area contributed by atoms with Crippen molar-refractivity contribution in [1.82, 2.24) is 0 Å². The molecule has 0 amide bonds. The van der Waals surface area contributed by atoms with Crippen molar-refractivity contribution >= 4 is 11.6 Å². The molecule has 0 unspecified atom stereocenters. The minimum Gasteiger partial charge on any atom is -0.394 e. The second-order valence-electron chi connectivity index (χ2n) is 7.98. The first-order chi connectivity index (χ1) is 14.8. The number of ketones is 2. The highest BCUT2D eigenvalue weighted by molar-refractivity contribution is 5.87. The molecule has 0 saturated carbocycles. The fourth-order valence-electron chi connectivity index (χ4n) is 3.70. The van der Waals surface area contributed by atoms with E-state index < -0.39 is 98.0 Å². The number of carbonyl (C=O) groups is 2. The molecular formula is C18H30O14. The van der Waals surface area contributed by atoms with Crippen molar-refractivity contribution in [2.24, 2.45) is 0 Å². The van der Waals surface area contributed by atoms with Crippen LogP contribution in [-0.4, -0.2) is 136 Å². The van der Waals surface area contributed by atoms with E-state index in [0.717, 1.165) is 0 Å². The first-order valence-corrected chi connectivity index (χ1v) is 10.0. The summed E-state index contributed by atoms with van der Waals surface area (Å²) >= 11 is 0. The number of hydrogen-bond donors (Lipinski definition) is 10. The predicted molar refractivity (Wildman–Crippen MR) is 98.3 cm³/mol. The zero-order valence-electron chi connectivity index (χ0n) is 17.0. The fraction of sp³-hybridized carbons (Fsp3) is 0.889. The normalized spacial score (nSPS) is 44.9. The maximum Gasteiger partial charge on any atom is 0.256 e. The molecule has 186 valence electrons. The van der Waals surface area contributed by atoms with Crippen LogP contribution in [0.1, 0.15) is 25.7 Å². The van der Waals surface area contributed by atoms with Crippen molar-refractivity contribution in [2.45, 2.75) is 86.1 Å². The summed E-state index contributed by atoms with van der Waals surface area (Å²) in [7, 11) is 0. The van der Waals surface area contributed by atoms with Gasteiger partial charge in [0.15, 0.2) is 11.6 Å². The highest BCUT2D eigenvalue weighted by Gasteiger charge is 2.57. The Morgan fingerprint density at radius 3 is 1.22 bits per heavy atom. The number of hydrogen-bond acceptors (Lipinski definition) is 14. The fourth-order valence-corrected chi connectivity index (χ4v) is 3.70. The molecule has 0 radical (unpaired) electrons. The van der Waals surface area contributed by atoms with E-state index in [1.807, 2.05) is 0 Å². The lowest BCUT2D eigenvalue weighted by molar-refractivity contribution is -0.331. The van der Waals surface area contributed by atoms with Gasteiger partial charge in [0.1, 0.15) is 48.8 Å². The van der Waals surface area contributed by atoms with Crippen molar-refractivity contribution in [3.8, 4) is 0 Å². The van der Waals surface area contributed by atoms with Crippen LogP contribution in [0.3, 0.4) is 0 Å². The van der Waals surface area contributed by atoms with Crippen LogP contribution in [0.15, 0.2) is 0 Å². The van der Waals surface area contributed by atoms with Crippen LogP contribution in [0.4, 0.5) is 0 Å². The molecule has 14 nitrogen and oxygen atoms in total. The monoisotopic (exact) mass is 470 g/mol.